The number of unbranched alkanes of at least 4 members (excludes halogenated alkanes) is 19. The van der Waals surface area contributed by atoms with Crippen LogP contribution in [0.5, 0.6) is 0 Å². The molecule has 0 amide bonds. The van der Waals surface area contributed by atoms with Gasteiger partial charge >= 0.3 is 5.97 Å². The molecule has 2 aliphatic heterocycles. The van der Waals surface area contributed by atoms with E-state index in [1.54, 1.807) is 0 Å². The highest BCUT2D eigenvalue weighted by Gasteiger charge is 2.43. The Bertz CT molecular complexity index is 1170. The summed E-state index contributed by atoms with van der Waals surface area (Å²) in [5, 5.41) is 0. The zero-order chi connectivity index (χ0) is 39.0. The highest BCUT2D eigenvalue weighted by atomic mass is 17.2. The van der Waals surface area contributed by atoms with Crippen LogP contribution in [0.15, 0.2) is 34.6 Å². The van der Waals surface area contributed by atoms with E-state index in [9.17, 15) is 9.59 Å². The standard InChI is InChI=1S/C47H80O7/c1-7-9-11-12-13-14-15-16-17-18-19-20-24-28-35-47(5)36-34-40-37(3)44(49)38(4)45(46(40)52-47)54-53-39(29-26-22-21-23-27-31-43(48)50-6)32-33-42-41(51-42)30-25-10-8-2/h32-33,39,41-42,46H,7-31,34-36H2,1-6H3/b33-32+/t39-,41-,42-,46+,47+/m0/s1. The second kappa shape index (κ2) is 26.8. The van der Waals surface area contributed by atoms with Gasteiger partial charge in [-0.05, 0) is 70.4 Å². The third kappa shape index (κ3) is 17.5. The Hall–Kier alpha value is -1.96. The van der Waals surface area contributed by atoms with Crippen molar-refractivity contribution in [3.8, 4) is 0 Å². The number of fused-ring (bicyclic) bond motifs is 1. The van der Waals surface area contributed by atoms with Gasteiger partial charge in [-0.3, -0.25) is 9.59 Å². The third-order valence-corrected chi connectivity index (χ3v) is 12.1. The lowest BCUT2D eigenvalue weighted by molar-refractivity contribution is -0.298. The maximum absolute atomic E-state index is 13.4. The minimum atomic E-state index is -0.387. The fourth-order valence-corrected chi connectivity index (χ4v) is 8.18. The lowest BCUT2D eigenvalue weighted by Crippen LogP contribution is -2.43. The molecule has 1 aliphatic carbocycles. The Morgan fingerprint density at radius 2 is 1.37 bits per heavy atom. The molecule has 0 unspecified atom stereocenters. The van der Waals surface area contributed by atoms with Gasteiger partial charge in [0.25, 0.3) is 0 Å². The zero-order valence-electron chi connectivity index (χ0n) is 35.6. The van der Waals surface area contributed by atoms with Crippen molar-refractivity contribution in [2.24, 2.45) is 0 Å². The molecule has 0 radical (unpaired) electrons. The van der Waals surface area contributed by atoms with E-state index in [2.05, 4.69) is 32.9 Å². The molecule has 0 aromatic rings. The molecule has 54 heavy (non-hydrogen) atoms. The monoisotopic (exact) mass is 757 g/mol. The van der Waals surface area contributed by atoms with E-state index in [0.29, 0.717) is 23.9 Å². The fourth-order valence-electron chi connectivity index (χ4n) is 8.18. The van der Waals surface area contributed by atoms with E-state index >= 15 is 0 Å². The summed E-state index contributed by atoms with van der Waals surface area (Å²) in [6.07, 6.45) is 36.7. The Morgan fingerprint density at radius 3 is 2.00 bits per heavy atom. The first kappa shape index (κ1) is 46.4. The number of ether oxygens (including phenoxy) is 3. The van der Waals surface area contributed by atoms with Gasteiger partial charge in [0.1, 0.15) is 18.3 Å². The molecule has 0 spiro atoms. The number of esters is 1. The molecule has 310 valence electrons. The number of methoxy groups -OCH3 is 1. The first-order valence-corrected chi connectivity index (χ1v) is 22.6. The molecule has 7 nitrogen and oxygen atoms in total. The predicted molar refractivity (Wildman–Crippen MR) is 220 cm³/mol. The molecular formula is C47H80O7. The number of carbonyl (C=O) groups excluding carboxylic acids is 2. The van der Waals surface area contributed by atoms with E-state index in [0.717, 1.165) is 81.8 Å². The van der Waals surface area contributed by atoms with Gasteiger partial charge < -0.3 is 19.1 Å². The van der Waals surface area contributed by atoms with E-state index in [-0.39, 0.29) is 35.7 Å². The number of rotatable bonds is 32. The Labute approximate surface area is 330 Å². The van der Waals surface area contributed by atoms with Crippen LogP contribution in [0.25, 0.3) is 0 Å². The van der Waals surface area contributed by atoms with Gasteiger partial charge in [0.05, 0.1) is 18.8 Å². The van der Waals surface area contributed by atoms with Crippen molar-refractivity contribution in [2.45, 2.75) is 244 Å². The minimum absolute atomic E-state index is 0.0272. The molecule has 2 heterocycles. The normalized spacial score (nSPS) is 23.3. The quantitative estimate of drug-likeness (QED) is 0.0169. The van der Waals surface area contributed by atoms with Crippen LogP contribution in [0, 0.1) is 0 Å². The van der Waals surface area contributed by atoms with Gasteiger partial charge in [0.15, 0.2) is 11.5 Å². The van der Waals surface area contributed by atoms with Crippen LogP contribution < -0.4 is 0 Å². The van der Waals surface area contributed by atoms with Gasteiger partial charge in [0, 0.05) is 12.0 Å². The molecule has 0 saturated carbocycles. The molecule has 0 aromatic carbocycles. The predicted octanol–water partition coefficient (Wildman–Crippen LogP) is 13.1. The van der Waals surface area contributed by atoms with Gasteiger partial charge in [-0.25, -0.2) is 0 Å². The molecule has 3 aliphatic rings. The highest BCUT2D eigenvalue weighted by Crippen LogP contribution is 2.43. The summed E-state index contributed by atoms with van der Waals surface area (Å²) in [7, 11) is 1.44. The van der Waals surface area contributed by atoms with Crippen LogP contribution in [0.4, 0.5) is 0 Å². The van der Waals surface area contributed by atoms with Crippen molar-refractivity contribution in [3.63, 3.8) is 0 Å². The molecule has 5 atom stereocenters. The zero-order valence-corrected chi connectivity index (χ0v) is 35.6. The van der Waals surface area contributed by atoms with E-state index in [4.69, 9.17) is 24.0 Å². The largest absolute Gasteiger partial charge is 0.469 e. The number of Topliss-reactive ketones (excluding diaryl/α,β-unsaturated/α-hetero) is 1. The van der Waals surface area contributed by atoms with E-state index < -0.39 is 0 Å². The lowest BCUT2D eigenvalue weighted by atomic mass is 9.79. The van der Waals surface area contributed by atoms with Crippen LogP contribution in [-0.4, -0.2) is 48.9 Å². The van der Waals surface area contributed by atoms with Crippen molar-refractivity contribution in [3.05, 3.63) is 34.6 Å². The van der Waals surface area contributed by atoms with Crippen LogP contribution >= 0.6 is 0 Å². The molecule has 7 heteroatoms. The van der Waals surface area contributed by atoms with Crippen LogP contribution in [0.3, 0.4) is 0 Å². The fraction of sp³-hybridized carbons (Fsp3) is 0.830. The molecule has 2 saturated heterocycles. The van der Waals surface area contributed by atoms with Gasteiger partial charge in [-0.15, -0.1) is 0 Å². The summed E-state index contributed by atoms with van der Waals surface area (Å²) < 4.78 is 17.6. The van der Waals surface area contributed by atoms with Crippen molar-refractivity contribution < 1.29 is 33.6 Å². The third-order valence-electron chi connectivity index (χ3n) is 12.1. The van der Waals surface area contributed by atoms with Crippen molar-refractivity contribution in [1.29, 1.82) is 0 Å². The van der Waals surface area contributed by atoms with E-state index in [1.807, 2.05) is 13.8 Å². The average Bonchev–Trinajstić information content (AvgIpc) is 3.93. The first-order chi connectivity index (χ1) is 26.2. The summed E-state index contributed by atoms with van der Waals surface area (Å²) in [6.45, 7) is 10.5. The summed E-state index contributed by atoms with van der Waals surface area (Å²) in [6, 6.07) is 0. The van der Waals surface area contributed by atoms with Crippen molar-refractivity contribution >= 4 is 11.8 Å². The van der Waals surface area contributed by atoms with Crippen molar-refractivity contribution in [1.82, 2.24) is 0 Å². The number of hydrogen-bond donors (Lipinski definition) is 0. The van der Waals surface area contributed by atoms with Gasteiger partial charge in [-0.1, -0.05) is 161 Å². The molecule has 2 fully saturated rings. The smallest absolute Gasteiger partial charge is 0.305 e. The SMILES string of the molecule is CCCCCCCCCCCCCCCC[C@]1(C)CCC2=C(C)C(=O)C(C)=C(OO[C@H](/C=C/[C@@H]3O[C@H]3CCCCC)CCCCCCCC(=O)OC)[C@@H]2O1. The Balaban J connectivity index is 1.48. The highest BCUT2D eigenvalue weighted by molar-refractivity contribution is 6.09. The van der Waals surface area contributed by atoms with Gasteiger partial charge in [-0.2, -0.15) is 4.89 Å². The second-order valence-electron chi connectivity index (χ2n) is 16.9. The first-order valence-electron chi connectivity index (χ1n) is 22.6. The Morgan fingerprint density at radius 1 is 0.796 bits per heavy atom. The van der Waals surface area contributed by atoms with Crippen molar-refractivity contribution in [2.75, 3.05) is 7.11 Å². The minimum Gasteiger partial charge on any atom is -0.469 e. The maximum Gasteiger partial charge on any atom is 0.305 e. The van der Waals surface area contributed by atoms with E-state index in [1.165, 1.54) is 110 Å². The summed E-state index contributed by atoms with van der Waals surface area (Å²) in [4.78, 5) is 37.2. The topological polar surface area (TPSA) is 83.6 Å². The van der Waals surface area contributed by atoms with Gasteiger partial charge in [0.2, 0.25) is 0 Å². The number of epoxide rings is 1. The second-order valence-corrected chi connectivity index (χ2v) is 16.9. The average molecular weight is 757 g/mol. The molecule has 3 rings (SSSR count). The lowest BCUT2D eigenvalue weighted by Gasteiger charge is -2.43. The molecule has 0 aromatic heterocycles. The van der Waals surface area contributed by atoms with Crippen LogP contribution in [0.1, 0.15) is 214 Å². The molecule has 0 bridgehead atoms. The van der Waals surface area contributed by atoms with Crippen LogP contribution in [-0.2, 0) is 33.6 Å². The number of ketones is 1. The summed E-state index contributed by atoms with van der Waals surface area (Å²) in [5.41, 5.74) is 2.16. The number of allylic oxidation sites excluding steroid dienone is 2. The molecule has 0 N–H and O–H groups in total. The maximum atomic E-state index is 13.4. The summed E-state index contributed by atoms with van der Waals surface area (Å²) in [5.74, 6) is 0.408. The van der Waals surface area contributed by atoms with Crippen LogP contribution in [0.2, 0.25) is 0 Å². The number of hydrogen-bond acceptors (Lipinski definition) is 7. The molecular weight excluding hydrogens is 677 g/mol. The summed E-state index contributed by atoms with van der Waals surface area (Å²) >= 11 is 0. The Kier molecular flexibility index (Phi) is 23.1. The number of carbonyl (C=O) groups is 2.